The van der Waals surface area contributed by atoms with E-state index >= 15 is 0 Å². The summed E-state index contributed by atoms with van der Waals surface area (Å²) in [5.74, 6) is 1.85. The van der Waals surface area contributed by atoms with Crippen LogP contribution in [0.3, 0.4) is 0 Å². The number of hydrogen-bond donors (Lipinski definition) is 0. The molecule has 1 fully saturated rings. The van der Waals surface area contributed by atoms with Crippen LogP contribution in [0.25, 0.3) is 11.1 Å². The zero-order valence-corrected chi connectivity index (χ0v) is 20.3. The Morgan fingerprint density at radius 3 is 2.14 bits per heavy atom. The molecule has 1 heterocycles. The molecule has 0 radical (unpaired) electrons. The molecule has 1 saturated heterocycles. The minimum atomic E-state index is -0.0170. The standard InChI is InChI=1S/C28H29N3O4/c1-33-25-13-12-21(26(34-2)27(25)35-3)19-30-14-16-31(17-15-30)28(32)24-11-7-6-10-23(24)22-9-5-4-8-20(22)18-29/h4-13H,14-17,19H2,1-3H3. The highest BCUT2D eigenvalue weighted by atomic mass is 16.5. The van der Waals surface area contributed by atoms with Crippen molar-refractivity contribution in [2.24, 2.45) is 0 Å². The van der Waals surface area contributed by atoms with Gasteiger partial charge >= 0.3 is 0 Å². The Morgan fingerprint density at radius 2 is 1.49 bits per heavy atom. The van der Waals surface area contributed by atoms with Crippen LogP contribution in [0.1, 0.15) is 21.5 Å². The van der Waals surface area contributed by atoms with E-state index in [4.69, 9.17) is 14.2 Å². The van der Waals surface area contributed by atoms with E-state index in [2.05, 4.69) is 11.0 Å². The molecule has 7 nitrogen and oxygen atoms in total. The summed E-state index contributed by atoms with van der Waals surface area (Å²) in [7, 11) is 4.82. The molecule has 7 heteroatoms. The summed E-state index contributed by atoms with van der Waals surface area (Å²) in [6.45, 7) is 3.38. The number of methoxy groups -OCH3 is 3. The first-order valence-corrected chi connectivity index (χ1v) is 11.5. The van der Waals surface area contributed by atoms with Gasteiger partial charge in [0, 0.05) is 49.4 Å². The lowest BCUT2D eigenvalue weighted by Gasteiger charge is -2.35. The highest BCUT2D eigenvalue weighted by Gasteiger charge is 2.26. The Hall–Kier alpha value is -4.02. The van der Waals surface area contributed by atoms with Gasteiger partial charge in [0.25, 0.3) is 5.91 Å². The number of rotatable bonds is 7. The lowest BCUT2D eigenvalue weighted by molar-refractivity contribution is 0.0628. The molecule has 180 valence electrons. The molecule has 3 aromatic rings. The fraction of sp³-hybridized carbons (Fsp3) is 0.286. The first kappa shape index (κ1) is 24.1. The van der Waals surface area contributed by atoms with Gasteiger partial charge in [-0.15, -0.1) is 0 Å². The zero-order valence-electron chi connectivity index (χ0n) is 20.3. The molecule has 1 amide bonds. The largest absolute Gasteiger partial charge is 0.493 e. The summed E-state index contributed by atoms with van der Waals surface area (Å²) < 4.78 is 16.5. The van der Waals surface area contributed by atoms with E-state index in [9.17, 15) is 10.1 Å². The van der Waals surface area contributed by atoms with Gasteiger partial charge in [0.15, 0.2) is 11.5 Å². The molecule has 3 aromatic carbocycles. The number of benzene rings is 3. The summed E-state index contributed by atoms with van der Waals surface area (Å²) in [4.78, 5) is 17.7. The van der Waals surface area contributed by atoms with Gasteiger partial charge in [-0.3, -0.25) is 9.69 Å². The van der Waals surface area contributed by atoms with Crippen LogP contribution in [0.2, 0.25) is 0 Å². The Balaban J connectivity index is 1.48. The van der Waals surface area contributed by atoms with E-state index in [0.717, 1.165) is 29.8 Å². The third-order valence-corrected chi connectivity index (χ3v) is 6.33. The quantitative estimate of drug-likeness (QED) is 0.514. The molecule has 0 saturated carbocycles. The monoisotopic (exact) mass is 471 g/mol. The van der Waals surface area contributed by atoms with Crippen molar-refractivity contribution in [2.75, 3.05) is 47.5 Å². The predicted octanol–water partition coefficient (Wildman–Crippen LogP) is 4.21. The van der Waals surface area contributed by atoms with Crippen LogP contribution in [0.4, 0.5) is 0 Å². The van der Waals surface area contributed by atoms with Crippen LogP contribution < -0.4 is 14.2 Å². The van der Waals surface area contributed by atoms with E-state index in [-0.39, 0.29) is 5.91 Å². The Kier molecular flexibility index (Phi) is 7.54. The second kappa shape index (κ2) is 10.9. The Morgan fingerprint density at radius 1 is 0.829 bits per heavy atom. The van der Waals surface area contributed by atoms with E-state index in [1.807, 2.05) is 59.5 Å². The minimum Gasteiger partial charge on any atom is -0.493 e. The Bertz CT molecular complexity index is 1240. The molecule has 0 aromatic heterocycles. The van der Waals surface area contributed by atoms with Gasteiger partial charge in [-0.25, -0.2) is 0 Å². The molecule has 0 spiro atoms. The van der Waals surface area contributed by atoms with Crippen molar-refractivity contribution in [3.8, 4) is 34.4 Å². The number of carbonyl (C=O) groups excluding carboxylic acids is 1. The second-order valence-corrected chi connectivity index (χ2v) is 8.26. The van der Waals surface area contributed by atoms with Gasteiger partial charge in [0.1, 0.15) is 0 Å². The summed E-state index contributed by atoms with van der Waals surface area (Å²) in [6, 6.07) is 21.0. The third-order valence-electron chi connectivity index (χ3n) is 6.33. The summed E-state index contributed by atoms with van der Waals surface area (Å²) in [6.07, 6.45) is 0. The van der Waals surface area contributed by atoms with Gasteiger partial charge in [-0.05, 0) is 23.8 Å². The van der Waals surface area contributed by atoms with Crippen LogP contribution >= 0.6 is 0 Å². The maximum atomic E-state index is 13.5. The van der Waals surface area contributed by atoms with Gasteiger partial charge < -0.3 is 19.1 Å². The zero-order chi connectivity index (χ0) is 24.8. The SMILES string of the molecule is COc1ccc(CN2CCN(C(=O)c3ccccc3-c3ccccc3C#N)CC2)c(OC)c1OC. The van der Waals surface area contributed by atoms with E-state index in [1.165, 1.54) is 0 Å². The summed E-state index contributed by atoms with van der Waals surface area (Å²) >= 11 is 0. The smallest absolute Gasteiger partial charge is 0.254 e. The first-order chi connectivity index (χ1) is 17.1. The number of carbonyl (C=O) groups is 1. The summed E-state index contributed by atoms with van der Waals surface area (Å²) in [5, 5.41) is 9.53. The van der Waals surface area contributed by atoms with Gasteiger partial charge in [0.2, 0.25) is 5.75 Å². The van der Waals surface area contributed by atoms with Crippen LogP contribution in [-0.2, 0) is 6.54 Å². The lowest BCUT2D eigenvalue weighted by Crippen LogP contribution is -2.48. The molecule has 0 aliphatic carbocycles. The fourth-order valence-electron chi connectivity index (χ4n) is 4.53. The topological polar surface area (TPSA) is 75.0 Å². The third kappa shape index (κ3) is 4.93. The molecule has 35 heavy (non-hydrogen) atoms. The van der Waals surface area contributed by atoms with Crippen molar-refractivity contribution in [3.63, 3.8) is 0 Å². The van der Waals surface area contributed by atoms with Crippen LogP contribution in [-0.4, -0.2) is 63.2 Å². The van der Waals surface area contributed by atoms with E-state index in [0.29, 0.717) is 48.0 Å². The molecule has 0 bridgehead atoms. The average Bonchev–Trinajstić information content (AvgIpc) is 2.92. The highest BCUT2D eigenvalue weighted by Crippen LogP contribution is 2.40. The normalized spacial score (nSPS) is 13.7. The van der Waals surface area contributed by atoms with Gasteiger partial charge in [-0.2, -0.15) is 5.26 Å². The number of nitriles is 1. The second-order valence-electron chi connectivity index (χ2n) is 8.26. The number of amides is 1. The van der Waals surface area contributed by atoms with Crippen molar-refractivity contribution in [1.82, 2.24) is 9.80 Å². The molecule has 0 atom stereocenters. The highest BCUT2D eigenvalue weighted by molar-refractivity contribution is 6.01. The number of ether oxygens (including phenoxy) is 3. The maximum absolute atomic E-state index is 13.5. The van der Waals surface area contributed by atoms with Gasteiger partial charge in [-0.1, -0.05) is 42.5 Å². The van der Waals surface area contributed by atoms with Crippen LogP contribution in [0.15, 0.2) is 60.7 Å². The van der Waals surface area contributed by atoms with Crippen molar-refractivity contribution in [2.45, 2.75) is 6.54 Å². The molecular formula is C28H29N3O4. The molecule has 0 unspecified atom stereocenters. The molecule has 0 N–H and O–H groups in total. The summed E-state index contributed by atoms with van der Waals surface area (Å²) in [5.41, 5.74) is 3.74. The molecular weight excluding hydrogens is 442 g/mol. The molecule has 4 rings (SSSR count). The fourth-order valence-corrected chi connectivity index (χ4v) is 4.53. The predicted molar refractivity (Wildman–Crippen MR) is 134 cm³/mol. The van der Waals surface area contributed by atoms with Crippen LogP contribution in [0.5, 0.6) is 17.2 Å². The Labute approximate surface area is 206 Å². The van der Waals surface area contributed by atoms with Crippen molar-refractivity contribution >= 4 is 5.91 Å². The average molecular weight is 472 g/mol. The lowest BCUT2D eigenvalue weighted by atomic mass is 9.95. The first-order valence-electron chi connectivity index (χ1n) is 11.5. The molecule has 1 aliphatic heterocycles. The number of piperazine rings is 1. The van der Waals surface area contributed by atoms with Crippen LogP contribution in [0, 0.1) is 11.3 Å². The van der Waals surface area contributed by atoms with Crippen molar-refractivity contribution in [1.29, 1.82) is 5.26 Å². The van der Waals surface area contributed by atoms with E-state index < -0.39 is 0 Å². The maximum Gasteiger partial charge on any atom is 0.254 e. The number of hydrogen-bond acceptors (Lipinski definition) is 6. The van der Waals surface area contributed by atoms with Crippen molar-refractivity contribution < 1.29 is 19.0 Å². The van der Waals surface area contributed by atoms with E-state index in [1.54, 1.807) is 27.4 Å². The minimum absolute atomic E-state index is 0.0170. The molecule has 1 aliphatic rings. The number of nitrogens with zero attached hydrogens (tertiary/aromatic N) is 3. The van der Waals surface area contributed by atoms with Crippen molar-refractivity contribution in [3.05, 3.63) is 77.4 Å². The van der Waals surface area contributed by atoms with Gasteiger partial charge in [0.05, 0.1) is 33.0 Å².